The quantitative estimate of drug-likeness (QED) is 0.491. The maximum absolute atomic E-state index is 10.7. The molecule has 1 aliphatic rings. The Balaban J connectivity index is 1.75. The van der Waals surface area contributed by atoms with E-state index in [1.165, 1.54) is 11.8 Å². The molecule has 0 atom stereocenters. The van der Waals surface area contributed by atoms with Crippen molar-refractivity contribution in [1.29, 1.82) is 0 Å². The Hall–Kier alpha value is -1.74. The van der Waals surface area contributed by atoms with Crippen molar-refractivity contribution in [2.45, 2.75) is 42.8 Å². The van der Waals surface area contributed by atoms with E-state index in [1.54, 1.807) is 0 Å². The largest absolute Gasteiger partial charge is 0.465 e. The minimum absolute atomic E-state index is 0.0234. The second-order valence-corrected chi connectivity index (χ2v) is 6.57. The predicted molar refractivity (Wildman–Crippen MR) is 89.3 cm³/mol. The van der Waals surface area contributed by atoms with Crippen LogP contribution < -0.4 is 10.6 Å². The van der Waals surface area contributed by atoms with Crippen molar-refractivity contribution in [2.24, 2.45) is 0 Å². The highest BCUT2D eigenvalue weighted by atomic mass is 35.5. The molecule has 23 heavy (non-hydrogen) atoms. The van der Waals surface area contributed by atoms with Crippen LogP contribution in [0.4, 0.5) is 10.6 Å². The summed E-state index contributed by atoms with van der Waals surface area (Å²) in [7, 11) is 0. The highest BCUT2D eigenvalue weighted by Crippen LogP contribution is 2.31. The Bertz CT molecular complexity index is 716. The number of nitrogens with zero attached hydrogens (tertiary/aromatic N) is 3. The van der Waals surface area contributed by atoms with Gasteiger partial charge in [-0.2, -0.15) is 15.1 Å². The second kappa shape index (κ2) is 6.79. The minimum atomic E-state index is -0.964. The molecule has 2 aromatic heterocycles. The normalized spacial score (nSPS) is 21.3. The Kier molecular flexibility index (Phi) is 4.76. The first-order chi connectivity index (χ1) is 11.1. The number of aromatic amines is 1. The van der Waals surface area contributed by atoms with Crippen LogP contribution in [0.2, 0.25) is 5.28 Å². The van der Waals surface area contributed by atoms with Crippen LogP contribution in [0.15, 0.2) is 5.03 Å². The molecular formula is C13H17ClN6O2S. The lowest BCUT2D eigenvalue weighted by Crippen LogP contribution is -2.39. The molecule has 0 spiro atoms. The van der Waals surface area contributed by atoms with Gasteiger partial charge in [0.25, 0.3) is 0 Å². The molecular weight excluding hydrogens is 340 g/mol. The Morgan fingerprint density at radius 1 is 1.30 bits per heavy atom. The summed E-state index contributed by atoms with van der Waals surface area (Å²) in [5.41, 5.74) is 0.609. The van der Waals surface area contributed by atoms with Gasteiger partial charge in [0.05, 0.1) is 5.39 Å². The van der Waals surface area contributed by atoms with Crippen LogP contribution in [0.25, 0.3) is 11.0 Å². The molecule has 0 aromatic carbocycles. The van der Waals surface area contributed by atoms with E-state index in [1.807, 2.05) is 6.26 Å². The summed E-state index contributed by atoms with van der Waals surface area (Å²) in [5, 5.41) is 23.6. The standard InChI is InChI=1S/C13H17ClN6O2S/c1-23-11-8-9(17-12(14)18-10(8)19-20-11)15-6-2-4-7(5-3-6)16-13(21)22/h6-7,16H,2-5H2,1H3,(H,21,22)(H2,15,17,18,19,20). The average molecular weight is 357 g/mol. The summed E-state index contributed by atoms with van der Waals surface area (Å²) in [6, 6.07) is 0.246. The summed E-state index contributed by atoms with van der Waals surface area (Å²) >= 11 is 7.50. The number of carbonyl (C=O) groups is 1. The molecule has 0 bridgehead atoms. The number of nitrogens with one attached hydrogen (secondary N) is 3. The highest BCUT2D eigenvalue weighted by Gasteiger charge is 2.24. The van der Waals surface area contributed by atoms with E-state index < -0.39 is 6.09 Å². The molecule has 2 heterocycles. The molecule has 0 radical (unpaired) electrons. The molecule has 1 amide bonds. The first kappa shape index (κ1) is 16.1. The first-order valence-corrected chi connectivity index (χ1v) is 8.88. The SMILES string of the molecule is CSc1n[nH]c2nc(Cl)nc(NC3CCC(NC(=O)O)CC3)c12. The van der Waals surface area contributed by atoms with E-state index in [9.17, 15) is 4.79 Å². The highest BCUT2D eigenvalue weighted by molar-refractivity contribution is 7.98. The fourth-order valence-corrected chi connectivity index (χ4v) is 3.58. The van der Waals surface area contributed by atoms with Crippen molar-refractivity contribution in [3.8, 4) is 0 Å². The van der Waals surface area contributed by atoms with E-state index >= 15 is 0 Å². The summed E-state index contributed by atoms with van der Waals surface area (Å²) in [5.74, 6) is 0.674. The van der Waals surface area contributed by atoms with Gasteiger partial charge in [-0.15, -0.1) is 11.8 Å². The number of halogens is 1. The summed E-state index contributed by atoms with van der Waals surface area (Å²) < 4.78 is 0. The Morgan fingerprint density at radius 3 is 2.65 bits per heavy atom. The molecule has 124 valence electrons. The summed E-state index contributed by atoms with van der Waals surface area (Å²) in [4.78, 5) is 19.1. The van der Waals surface area contributed by atoms with Gasteiger partial charge >= 0.3 is 6.09 Å². The van der Waals surface area contributed by atoms with Crippen LogP contribution in [-0.2, 0) is 0 Å². The second-order valence-electron chi connectivity index (χ2n) is 5.44. The smallest absolute Gasteiger partial charge is 0.404 e. The van der Waals surface area contributed by atoms with Crippen LogP contribution in [0.1, 0.15) is 25.7 Å². The van der Waals surface area contributed by atoms with Crippen molar-refractivity contribution in [3.63, 3.8) is 0 Å². The number of anilines is 1. The Labute approximate surface area is 141 Å². The maximum atomic E-state index is 10.7. The monoisotopic (exact) mass is 356 g/mol. The number of hydrogen-bond acceptors (Lipinski definition) is 6. The number of hydrogen-bond donors (Lipinski definition) is 4. The van der Waals surface area contributed by atoms with Gasteiger partial charge in [0.1, 0.15) is 10.8 Å². The van der Waals surface area contributed by atoms with Crippen molar-refractivity contribution in [2.75, 3.05) is 11.6 Å². The zero-order valence-corrected chi connectivity index (χ0v) is 14.0. The number of aromatic nitrogens is 4. The molecule has 2 aromatic rings. The molecule has 8 nitrogen and oxygen atoms in total. The first-order valence-electron chi connectivity index (χ1n) is 7.28. The van der Waals surface area contributed by atoms with E-state index in [-0.39, 0.29) is 17.4 Å². The van der Waals surface area contributed by atoms with Crippen molar-refractivity contribution >= 4 is 46.3 Å². The lowest BCUT2D eigenvalue weighted by atomic mass is 9.91. The van der Waals surface area contributed by atoms with E-state index in [0.29, 0.717) is 11.5 Å². The summed E-state index contributed by atoms with van der Waals surface area (Å²) in [6.07, 6.45) is 4.30. The summed E-state index contributed by atoms with van der Waals surface area (Å²) in [6.45, 7) is 0. The van der Waals surface area contributed by atoms with Gasteiger partial charge < -0.3 is 15.7 Å². The minimum Gasteiger partial charge on any atom is -0.465 e. The van der Waals surface area contributed by atoms with Crippen molar-refractivity contribution < 1.29 is 9.90 Å². The molecule has 10 heteroatoms. The predicted octanol–water partition coefficient (Wildman–Crippen LogP) is 2.72. The van der Waals surface area contributed by atoms with Gasteiger partial charge in [-0.25, -0.2) is 4.79 Å². The molecule has 0 saturated heterocycles. The van der Waals surface area contributed by atoms with Gasteiger partial charge in [-0.3, -0.25) is 5.10 Å². The van der Waals surface area contributed by atoms with Crippen molar-refractivity contribution in [3.05, 3.63) is 5.28 Å². The number of thioether (sulfide) groups is 1. The fraction of sp³-hybridized carbons (Fsp3) is 0.538. The van der Waals surface area contributed by atoms with E-state index in [4.69, 9.17) is 16.7 Å². The van der Waals surface area contributed by atoms with Crippen LogP contribution in [0.5, 0.6) is 0 Å². The van der Waals surface area contributed by atoms with Crippen LogP contribution >= 0.6 is 23.4 Å². The van der Waals surface area contributed by atoms with Gasteiger partial charge in [0, 0.05) is 12.1 Å². The third kappa shape index (κ3) is 3.61. The van der Waals surface area contributed by atoms with Gasteiger partial charge in [-0.05, 0) is 43.5 Å². The van der Waals surface area contributed by atoms with Crippen molar-refractivity contribution in [1.82, 2.24) is 25.5 Å². The molecule has 0 aliphatic heterocycles. The topological polar surface area (TPSA) is 116 Å². The molecule has 3 rings (SSSR count). The number of fused-ring (bicyclic) bond motifs is 1. The van der Waals surface area contributed by atoms with Gasteiger partial charge in [0.2, 0.25) is 5.28 Å². The molecule has 0 unspecified atom stereocenters. The third-order valence-corrected chi connectivity index (χ3v) is 4.80. The molecule has 4 N–H and O–H groups in total. The van der Waals surface area contributed by atoms with Crippen LogP contribution in [0, 0.1) is 0 Å². The Morgan fingerprint density at radius 2 is 2.00 bits per heavy atom. The molecule has 1 saturated carbocycles. The fourth-order valence-electron chi connectivity index (χ4n) is 2.88. The van der Waals surface area contributed by atoms with E-state index in [2.05, 4.69) is 30.8 Å². The lowest BCUT2D eigenvalue weighted by Gasteiger charge is -2.29. The van der Waals surface area contributed by atoms with Gasteiger partial charge in [0.15, 0.2) is 5.65 Å². The molecule has 1 aliphatic carbocycles. The number of H-pyrrole nitrogens is 1. The van der Waals surface area contributed by atoms with Crippen LogP contribution in [-0.4, -0.2) is 49.7 Å². The zero-order chi connectivity index (χ0) is 16.4. The zero-order valence-electron chi connectivity index (χ0n) is 12.5. The van der Waals surface area contributed by atoms with Gasteiger partial charge in [-0.1, -0.05) is 0 Å². The maximum Gasteiger partial charge on any atom is 0.404 e. The number of amides is 1. The van der Waals surface area contributed by atoms with Crippen LogP contribution in [0.3, 0.4) is 0 Å². The molecule has 1 fully saturated rings. The third-order valence-electron chi connectivity index (χ3n) is 3.95. The average Bonchev–Trinajstić information content (AvgIpc) is 2.91. The number of rotatable bonds is 4. The lowest BCUT2D eigenvalue weighted by molar-refractivity contribution is 0.185. The van der Waals surface area contributed by atoms with E-state index in [0.717, 1.165) is 36.1 Å². The number of carboxylic acid groups (broad SMARTS) is 1.